The van der Waals surface area contributed by atoms with Crippen LogP contribution >= 0.6 is 11.3 Å². The number of rotatable bonds is 4. The summed E-state index contributed by atoms with van der Waals surface area (Å²) < 4.78 is 0. The van der Waals surface area contributed by atoms with Crippen molar-refractivity contribution in [2.45, 2.75) is 31.8 Å². The Morgan fingerprint density at radius 3 is 2.94 bits per heavy atom. The van der Waals surface area contributed by atoms with E-state index >= 15 is 0 Å². The Morgan fingerprint density at radius 1 is 1.44 bits per heavy atom. The summed E-state index contributed by atoms with van der Waals surface area (Å²) in [5.41, 5.74) is 0. The zero-order valence-electron chi connectivity index (χ0n) is 9.89. The maximum atomic E-state index is 11.7. The van der Waals surface area contributed by atoms with Crippen molar-refractivity contribution in [3.05, 3.63) is 22.4 Å². The molecular formula is C12H16N2O3S. The second-order valence-corrected chi connectivity index (χ2v) is 5.42. The van der Waals surface area contributed by atoms with Crippen LogP contribution in [0.4, 0.5) is 4.79 Å². The minimum absolute atomic E-state index is 0.245. The molecule has 1 aliphatic rings. The zero-order valence-corrected chi connectivity index (χ0v) is 10.7. The van der Waals surface area contributed by atoms with Gasteiger partial charge >= 0.3 is 12.0 Å². The number of carboxylic acid groups (broad SMARTS) is 1. The number of carbonyl (C=O) groups excluding carboxylic acids is 1. The van der Waals surface area contributed by atoms with Crippen molar-refractivity contribution < 1.29 is 14.7 Å². The van der Waals surface area contributed by atoms with E-state index in [9.17, 15) is 9.59 Å². The predicted octanol–water partition coefficient (Wildman–Crippen LogP) is 1.80. The lowest BCUT2D eigenvalue weighted by molar-refractivity contribution is -0.142. The molecule has 5 nitrogen and oxygen atoms in total. The fourth-order valence-electron chi connectivity index (χ4n) is 2.23. The van der Waals surface area contributed by atoms with Gasteiger partial charge in [-0.05, 0) is 24.3 Å². The monoisotopic (exact) mass is 268 g/mol. The van der Waals surface area contributed by atoms with E-state index in [0.29, 0.717) is 13.0 Å². The lowest BCUT2D eigenvalue weighted by Gasteiger charge is -2.17. The molecule has 2 amide bonds. The Labute approximate surface area is 109 Å². The largest absolute Gasteiger partial charge is 0.481 e. The summed E-state index contributed by atoms with van der Waals surface area (Å²) in [4.78, 5) is 23.7. The number of hydrogen-bond acceptors (Lipinski definition) is 3. The molecule has 1 heterocycles. The van der Waals surface area contributed by atoms with Gasteiger partial charge in [0.1, 0.15) is 0 Å². The fourth-order valence-corrected chi connectivity index (χ4v) is 2.87. The van der Waals surface area contributed by atoms with Gasteiger partial charge in [-0.1, -0.05) is 12.5 Å². The molecule has 3 N–H and O–H groups in total. The Balaban J connectivity index is 1.78. The molecular weight excluding hydrogens is 252 g/mol. The number of urea groups is 1. The van der Waals surface area contributed by atoms with Crippen molar-refractivity contribution in [2.75, 3.05) is 0 Å². The summed E-state index contributed by atoms with van der Waals surface area (Å²) in [5.74, 6) is -1.27. The highest BCUT2D eigenvalue weighted by Gasteiger charge is 2.33. The average molecular weight is 268 g/mol. The summed E-state index contributed by atoms with van der Waals surface area (Å²) in [6.07, 6.45) is 2.24. The van der Waals surface area contributed by atoms with Gasteiger partial charge in [-0.3, -0.25) is 4.79 Å². The van der Waals surface area contributed by atoms with Gasteiger partial charge < -0.3 is 15.7 Å². The van der Waals surface area contributed by atoms with Gasteiger partial charge in [0, 0.05) is 10.9 Å². The van der Waals surface area contributed by atoms with Crippen LogP contribution in [-0.2, 0) is 11.3 Å². The quantitative estimate of drug-likeness (QED) is 0.779. The molecule has 0 bridgehead atoms. The van der Waals surface area contributed by atoms with E-state index in [2.05, 4.69) is 10.6 Å². The third-order valence-electron chi connectivity index (χ3n) is 3.15. The predicted molar refractivity (Wildman–Crippen MR) is 68.5 cm³/mol. The molecule has 0 saturated heterocycles. The van der Waals surface area contributed by atoms with Crippen LogP contribution in [-0.4, -0.2) is 23.1 Å². The summed E-state index contributed by atoms with van der Waals surface area (Å²) in [5, 5.41) is 16.4. The SMILES string of the molecule is O=C(NCc1cccs1)NC1CCCC1C(=O)O. The standard InChI is InChI=1S/C12H16N2O3S/c15-11(16)9-4-1-5-10(9)14-12(17)13-7-8-3-2-6-18-8/h2-3,6,9-10H,1,4-5,7H2,(H,15,16)(H2,13,14,17). The van der Waals surface area contributed by atoms with Gasteiger partial charge in [0.15, 0.2) is 0 Å². The van der Waals surface area contributed by atoms with E-state index in [4.69, 9.17) is 5.11 Å². The molecule has 1 aromatic heterocycles. The lowest BCUT2D eigenvalue weighted by Crippen LogP contribution is -2.45. The highest BCUT2D eigenvalue weighted by molar-refractivity contribution is 7.09. The second kappa shape index (κ2) is 5.86. The van der Waals surface area contributed by atoms with Crippen LogP contribution in [0.1, 0.15) is 24.1 Å². The van der Waals surface area contributed by atoms with E-state index in [0.717, 1.165) is 17.7 Å². The van der Waals surface area contributed by atoms with Crippen molar-refractivity contribution in [3.63, 3.8) is 0 Å². The summed E-state index contributed by atoms with van der Waals surface area (Å²) in [6, 6.07) is 3.34. The first kappa shape index (κ1) is 12.9. The van der Waals surface area contributed by atoms with Crippen LogP contribution in [0.2, 0.25) is 0 Å². The molecule has 0 radical (unpaired) electrons. The highest BCUT2D eigenvalue weighted by atomic mass is 32.1. The number of thiophene rings is 1. The second-order valence-electron chi connectivity index (χ2n) is 4.39. The Morgan fingerprint density at radius 2 is 2.28 bits per heavy atom. The molecule has 2 unspecified atom stereocenters. The van der Waals surface area contributed by atoms with Crippen molar-refractivity contribution >= 4 is 23.3 Å². The third-order valence-corrected chi connectivity index (χ3v) is 4.03. The van der Waals surface area contributed by atoms with Crippen molar-refractivity contribution in [1.29, 1.82) is 0 Å². The topological polar surface area (TPSA) is 78.4 Å². The Kier molecular flexibility index (Phi) is 4.19. The summed E-state index contributed by atoms with van der Waals surface area (Å²) in [7, 11) is 0. The van der Waals surface area contributed by atoms with Gasteiger partial charge in [0.05, 0.1) is 12.5 Å². The van der Waals surface area contributed by atoms with Crippen LogP contribution in [0.5, 0.6) is 0 Å². The summed E-state index contributed by atoms with van der Waals surface area (Å²) in [6.45, 7) is 0.480. The minimum Gasteiger partial charge on any atom is -0.481 e. The van der Waals surface area contributed by atoms with Gasteiger partial charge in [-0.25, -0.2) is 4.79 Å². The van der Waals surface area contributed by atoms with E-state index in [1.54, 1.807) is 11.3 Å². The van der Waals surface area contributed by atoms with Gasteiger partial charge in [0.25, 0.3) is 0 Å². The normalized spacial score (nSPS) is 22.7. The van der Waals surface area contributed by atoms with Crippen molar-refractivity contribution in [2.24, 2.45) is 5.92 Å². The molecule has 1 aliphatic carbocycles. The van der Waals surface area contributed by atoms with E-state index in [1.807, 2.05) is 17.5 Å². The molecule has 1 fully saturated rings. The molecule has 6 heteroatoms. The molecule has 2 atom stereocenters. The Bertz CT molecular complexity index is 419. The molecule has 18 heavy (non-hydrogen) atoms. The van der Waals surface area contributed by atoms with Crippen LogP contribution in [0.15, 0.2) is 17.5 Å². The van der Waals surface area contributed by atoms with Crippen LogP contribution in [0.25, 0.3) is 0 Å². The number of carbonyl (C=O) groups is 2. The molecule has 0 aromatic carbocycles. The Hall–Kier alpha value is -1.56. The minimum atomic E-state index is -0.823. The van der Waals surface area contributed by atoms with E-state index in [-0.39, 0.29) is 12.1 Å². The van der Waals surface area contributed by atoms with Crippen molar-refractivity contribution in [3.8, 4) is 0 Å². The molecule has 0 aliphatic heterocycles. The number of hydrogen-bond donors (Lipinski definition) is 3. The van der Waals surface area contributed by atoms with E-state index < -0.39 is 11.9 Å². The summed E-state index contributed by atoms with van der Waals surface area (Å²) >= 11 is 1.58. The molecule has 1 saturated carbocycles. The first-order chi connectivity index (χ1) is 8.66. The number of carboxylic acids is 1. The average Bonchev–Trinajstić information content (AvgIpc) is 2.96. The number of amides is 2. The number of nitrogens with one attached hydrogen (secondary N) is 2. The van der Waals surface area contributed by atoms with Gasteiger partial charge in [-0.15, -0.1) is 11.3 Å². The van der Waals surface area contributed by atoms with Gasteiger partial charge in [0.2, 0.25) is 0 Å². The van der Waals surface area contributed by atoms with E-state index in [1.165, 1.54) is 0 Å². The smallest absolute Gasteiger partial charge is 0.315 e. The molecule has 0 spiro atoms. The zero-order chi connectivity index (χ0) is 13.0. The first-order valence-electron chi connectivity index (χ1n) is 5.96. The third kappa shape index (κ3) is 3.22. The highest BCUT2D eigenvalue weighted by Crippen LogP contribution is 2.25. The molecule has 98 valence electrons. The molecule has 2 rings (SSSR count). The maximum Gasteiger partial charge on any atom is 0.315 e. The van der Waals surface area contributed by atoms with Crippen LogP contribution < -0.4 is 10.6 Å². The van der Waals surface area contributed by atoms with Crippen LogP contribution in [0.3, 0.4) is 0 Å². The van der Waals surface area contributed by atoms with Gasteiger partial charge in [-0.2, -0.15) is 0 Å². The first-order valence-corrected chi connectivity index (χ1v) is 6.84. The number of aliphatic carboxylic acids is 1. The fraction of sp³-hybridized carbons (Fsp3) is 0.500. The lowest BCUT2D eigenvalue weighted by atomic mass is 10.0. The molecule has 1 aromatic rings. The maximum absolute atomic E-state index is 11.7. The van der Waals surface area contributed by atoms with Crippen LogP contribution in [0, 0.1) is 5.92 Å². The van der Waals surface area contributed by atoms with Crippen molar-refractivity contribution in [1.82, 2.24) is 10.6 Å².